The van der Waals surface area contributed by atoms with Crippen molar-refractivity contribution in [2.75, 3.05) is 53.0 Å². The fourth-order valence-electron chi connectivity index (χ4n) is 2.15. The molecule has 1 aliphatic rings. The van der Waals surface area contributed by atoms with Crippen LogP contribution in [0.5, 0.6) is 0 Å². The van der Waals surface area contributed by atoms with Gasteiger partial charge >= 0.3 is 0 Å². The molecular weight excluding hydrogens is 228 g/mol. The lowest BCUT2D eigenvalue weighted by molar-refractivity contribution is 0.0127. The molecule has 0 spiro atoms. The van der Waals surface area contributed by atoms with E-state index in [0.29, 0.717) is 0 Å². The SMILES string of the molecule is COCCCN1CCN(C[C@H](O)C(C)(C)C)CC1. The van der Waals surface area contributed by atoms with Crippen molar-refractivity contribution in [2.45, 2.75) is 33.3 Å². The highest BCUT2D eigenvalue weighted by molar-refractivity contribution is 4.79. The van der Waals surface area contributed by atoms with Gasteiger partial charge in [-0.25, -0.2) is 0 Å². The van der Waals surface area contributed by atoms with E-state index in [1.807, 2.05) is 0 Å². The Morgan fingerprint density at radius 2 is 1.67 bits per heavy atom. The van der Waals surface area contributed by atoms with Gasteiger partial charge in [-0.05, 0) is 11.8 Å². The van der Waals surface area contributed by atoms with Crippen molar-refractivity contribution in [2.24, 2.45) is 5.41 Å². The molecule has 0 saturated carbocycles. The van der Waals surface area contributed by atoms with Gasteiger partial charge in [-0.15, -0.1) is 0 Å². The number of β-amino-alcohol motifs (C(OH)–C–C–N with tert-alkyl or cyclic N) is 1. The summed E-state index contributed by atoms with van der Waals surface area (Å²) in [6, 6.07) is 0. The van der Waals surface area contributed by atoms with Gasteiger partial charge in [0.2, 0.25) is 0 Å². The number of rotatable bonds is 6. The molecule has 0 aliphatic carbocycles. The summed E-state index contributed by atoms with van der Waals surface area (Å²) >= 11 is 0. The molecule has 0 bridgehead atoms. The lowest BCUT2D eigenvalue weighted by Crippen LogP contribution is -2.50. The van der Waals surface area contributed by atoms with Crippen molar-refractivity contribution in [1.29, 1.82) is 0 Å². The summed E-state index contributed by atoms with van der Waals surface area (Å²) < 4.78 is 5.07. The minimum absolute atomic E-state index is 0.0183. The standard InChI is InChI=1S/C14H30N2O2/c1-14(2,3)13(17)12-16-9-7-15(8-10-16)6-5-11-18-4/h13,17H,5-12H2,1-4H3/t13-/m0/s1. The number of nitrogens with zero attached hydrogens (tertiary/aromatic N) is 2. The van der Waals surface area contributed by atoms with Gasteiger partial charge in [0.15, 0.2) is 0 Å². The lowest BCUT2D eigenvalue weighted by Gasteiger charge is -2.38. The molecule has 0 amide bonds. The first-order valence-corrected chi connectivity index (χ1v) is 7.05. The van der Waals surface area contributed by atoms with Gasteiger partial charge in [0, 0.05) is 53.0 Å². The molecule has 4 nitrogen and oxygen atoms in total. The van der Waals surface area contributed by atoms with Crippen LogP contribution < -0.4 is 0 Å². The largest absolute Gasteiger partial charge is 0.391 e. The molecule has 0 aromatic carbocycles. The molecule has 1 saturated heterocycles. The maximum absolute atomic E-state index is 10.1. The predicted octanol–water partition coefficient (Wildman–Crippen LogP) is 1.05. The molecule has 1 atom stereocenters. The highest BCUT2D eigenvalue weighted by Crippen LogP contribution is 2.20. The van der Waals surface area contributed by atoms with Gasteiger partial charge in [-0.3, -0.25) is 4.90 Å². The first-order valence-electron chi connectivity index (χ1n) is 7.05. The fraction of sp³-hybridized carbons (Fsp3) is 1.00. The Morgan fingerprint density at radius 1 is 1.11 bits per heavy atom. The van der Waals surface area contributed by atoms with Crippen LogP contribution in [-0.4, -0.2) is 74.0 Å². The van der Waals surface area contributed by atoms with Crippen LogP contribution in [0.1, 0.15) is 27.2 Å². The molecule has 0 aromatic heterocycles. The average molecular weight is 258 g/mol. The van der Waals surface area contributed by atoms with E-state index in [1.54, 1.807) is 7.11 Å². The van der Waals surface area contributed by atoms with E-state index in [4.69, 9.17) is 4.74 Å². The molecule has 18 heavy (non-hydrogen) atoms. The number of hydrogen-bond donors (Lipinski definition) is 1. The zero-order valence-electron chi connectivity index (χ0n) is 12.5. The summed E-state index contributed by atoms with van der Waals surface area (Å²) in [4.78, 5) is 4.86. The van der Waals surface area contributed by atoms with E-state index in [1.165, 1.54) is 0 Å². The second kappa shape index (κ2) is 7.43. The average Bonchev–Trinajstić information content (AvgIpc) is 2.30. The van der Waals surface area contributed by atoms with E-state index in [9.17, 15) is 5.11 Å². The summed E-state index contributed by atoms with van der Waals surface area (Å²) in [5.41, 5.74) is -0.0183. The number of ether oxygens (including phenoxy) is 1. The molecule has 108 valence electrons. The van der Waals surface area contributed by atoms with Gasteiger partial charge in [0.05, 0.1) is 6.10 Å². The van der Waals surface area contributed by atoms with Gasteiger partial charge < -0.3 is 14.7 Å². The lowest BCUT2D eigenvalue weighted by atomic mass is 9.89. The van der Waals surface area contributed by atoms with Gasteiger partial charge in [0.25, 0.3) is 0 Å². The molecule has 4 heteroatoms. The maximum atomic E-state index is 10.1. The van der Waals surface area contributed by atoms with E-state index in [0.717, 1.165) is 52.3 Å². The van der Waals surface area contributed by atoms with Crippen molar-refractivity contribution in [3.05, 3.63) is 0 Å². The van der Waals surface area contributed by atoms with Crippen LogP contribution in [0.2, 0.25) is 0 Å². The summed E-state index contributed by atoms with van der Waals surface area (Å²) in [7, 11) is 1.76. The van der Waals surface area contributed by atoms with E-state index in [-0.39, 0.29) is 11.5 Å². The summed E-state index contributed by atoms with van der Waals surface area (Å²) in [5, 5.41) is 10.1. The Kier molecular flexibility index (Phi) is 6.57. The van der Waals surface area contributed by atoms with Crippen LogP contribution in [0.3, 0.4) is 0 Å². The molecule has 1 heterocycles. The Morgan fingerprint density at radius 3 is 2.17 bits per heavy atom. The smallest absolute Gasteiger partial charge is 0.0715 e. The number of aliphatic hydroxyl groups excluding tert-OH is 1. The van der Waals surface area contributed by atoms with Crippen molar-refractivity contribution in [3.8, 4) is 0 Å². The highest BCUT2D eigenvalue weighted by Gasteiger charge is 2.26. The molecule has 1 aliphatic heterocycles. The fourth-order valence-corrected chi connectivity index (χ4v) is 2.15. The molecule has 1 fully saturated rings. The number of methoxy groups -OCH3 is 1. The van der Waals surface area contributed by atoms with E-state index in [2.05, 4.69) is 30.6 Å². The number of aliphatic hydroxyl groups is 1. The summed E-state index contributed by atoms with van der Waals surface area (Å²) in [5.74, 6) is 0. The zero-order valence-corrected chi connectivity index (χ0v) is 12.5. The third-order valence-electron chi connectivity index (χ3n) is 3.72. The van der Waals surface area contributed by atoms with Crippen molar-refractivity contribution in [1.82, 2.24) is 9.80 Å². The molecule has 0 radical (unpaired) electrons. The molecule has 1 rings (SSSR count). The number of hydrogen-bond acceptors (Lipinski definition) is 4. The van der Waals surface area contributed by atoms with Gasteiger partial charge in [-0.1, -0.05) is 20.8 Å². The molecular formula is C14H30N2O2. The van der Waals surface area contributed by atoms with Crippen LogP contribution in [0.25, 0.3) is 0 Å². The first-order chi connectivity index (χ1) is 8.43. The van der Waals surface area contributed by atoms with Crippen LogP contribution >= 0.6 is 0 Å². The van der Waals surface area contributed by atoms with Crippen LogP contribution in [0.15, 0.2) is 0 Å². The third kappa shape index (κ3) is 5.65. The molecule has 0 aromatic rings. The third-order valence-corrected chi connectivity index (χ3v) is 3.72. The minimum atomic E-state index is -0.238. The second-order valence-electron chi connectivity index (χ2n) is 6.37. The Balaban J connectivity index is 2.19. The van der Waals surface area contributed by atoms with Crippen LogP contribution in [0, 0.1) is 5.41 Å². The Bertz CT molecular complexity index is 220. The highest BCUT2D eigenvalue weighted by atomic mass is 16.5. The van der Waals surface area contributed by atoms with Gasteiger partial charge in [0.1, 0.15) is 0 Å². The second-order valence-corrected chi connectivity index (χ2v) is 6.37. The maximum Gasteiger partial charge on any atom is 0.0715 e. The van der Waals surface area contributed by atoms with E-state index >= 15 is 0 Å². The molecule has 0 unspecified atom stereocenters. The monoisotopic (exact) mass is 258 g/mol. The van der Waals surface area contributed by atoms with Crippen molar-refractivity contribution >= 4 is 0 Å². The summed E-state index contributed by atoms with van der Waals surface area (Å²) in [6.45, 7) is 13.4. The van der Waals surface area contributed by atoms with E-state index < -0.39 is 0 Å². The Hall–Kier alpha value is -0.160. The quantitative estimate of drug-likeness (QED) is 0.722. The minimum Gasteiger partial charge on any atom is -0.391 e. The van der Waals surface area contributed by atoms with Gasteiger partial charge in [-0.2, -0.15) is 0 Å². The van der Waals surface area contributed by atoms with Crippen molar-refractivity contribution in [3.63, 3.8) is 0 Å². The first kappa shape index (κ1) is 15.9. The topological polar surface area (TPSA) is 35.9 Å². The van der Waals surface area contributed by atoms with Crippen LogP contribution in [0.4, 0.5) is 0 Å². The molecule has 1 N–H and O–H groups in total. The normalized spacial score (nSPS) is 21.2. The number of piperazine rings is 1. The summed E-state index contributed by atoms with van der Waals surface area (Å²) in [6.07, 6.45) is 0.874. The Labute approximate surface area is 112 Å². The van der Waals surface area contributed by atoms with Crippen molar-refractivity contribution < 1.29 is 9.84 Å². The zero-order chi connectivity index (χ0) is 13.6. The predicted molar refractivity (Wildman–Crippen MR) is 74.8 cm³/mol. The van der Waals surface area contributed by atoms with Crippen LogP contribution in [-0.2, 0) is 4.74 Å².